The van der Waals surface area contributed by atoms with Crippen LogP contribution in [-0.4, -0.2) is 35.6 Å². The number of rotatable bonds is 7. The Morgan fingerprint density at radius 3 is 2.73 bits per heavy atom. The molecule has 0 spiro atoms. The Kier molecular flexibility index (Phi) is 6.68. The Balaban J connectivity index is 1.70. The standard InChI is InChI=1S/C21H27NO2S2/c1-15-11-14-26-20(15)17(19-10-6-13-25-19)8-5-12-22(2)18-9-4-3-7-16(18)21(23)24/h6,8,10-11,13-14,16,18H,3-5,7,9,12H2,1-2H3,(H,23,24)/b17-8-/t16-,18+/m1/s1. The van der Waals surface area contributed by atoms with Crippen LogP contribution in [0.25, 0.3) is 5.57 Å². The first kappa shape index (κ1) is 19.3. The van der Waals surface area contributed by atoms with Gasteiger partial charge in [0.1, 0.15) is 0 Å². The zero-order valence-corrected chi connectivity index (χ0v) is 17.1. The topological polar surface area (TPSA) is 40.5 Å². The predicted molar refractivity (Wildman–Crippen MR) is 111 cm³/mol. The molecule has 0 unspecified atom stereocenters. The molecule has 1 aliphatic carbocycles. The fraction of sp³-hybridized carbons (Fsp3) is 0.476. The third-order valence-electron chi connectivity index (χ3n) is 5.34. The fourth-order valence-electron chi connectivity index (χ4n) is 3.89. The van der Waals surface area contributed by atoms with Crippen LogP contribution in [0.1, 0.15) is 47.4 Å². The van der Waals surface area contributed by atoms with Crippen molar-refractivity contribution in [2.45, 2.75) is 45.1 Å². The molecule has 1 N–H and O–H groups in total. The molecule has 3 rings (SSSR count). The minimum absolute atomic E-state index is 0.170. The van der Waals surface area contributed by atoms with E-state index < -0.39 is 5.97 Å². The van der Waals surface area contributed by atoms with E-state index in [0.717, 1.165) is 38.6 Å². The largest absolute Gasteiger partial charge is 0.481 e. The number of thiophene rings is 2. The lowest BCUT2D eigenvalue weighted by Gasteiger charge is -2.35. The molecule has 1 fully saturated rings. The Morgan fingerprint density at radius 1 is 1.27 bits per heavy atom. The van der Waals surface area contributed by atoms with Gasteiger partial charge in [-0.15, -0.1) is 22.7 Å². The lowest BCUT2D eigenvalue weighted by Crippen LogP contribution is -2.43. The number of aliphatic carboxylic acids is 1. The first-order valence-electron chi connectivity index (χ1n) is 9.29. The van der Waals surface area contributed by atoms with Crippen molar-refractivity contribution >= 4 is 34.2 Å². The number of hydrogen-bond acceptors (Lipinski definition) is 4. The first-order chi connectivity index (χ1) is 12.6. The van der Waals surface area contributed by atoms with Crippen molar-refractivity contribution in [1.29, 1.82) is 0 Å². The van der Waals surface area contributed by atoms with Gasteiger partial charge in [0, 0.05) is 27.9 Å². The van der Waals surface area contributed by atoms with Crippen molar-refractivity contribution in [3.8, 4) is 0 Å². The van der Waals surface area contributed by atoms with Crippen LogP contribution in [0.3, 0.4) is 0 Å². The summed E-state index contributed by atoms with van der Waals surface area (Å²) in [5.74, 6) is -0.848. The average Bonchev–Trinajstić information content (AvgIpc) is 3.30. The Hall–Kier alpha value is -1.43. The summed E-state index contributed by atoms with van der Waals surface area (Å²) >= 11 is 3.57. The molecule has 26 heavy (non-hydrogen) atoms. The number of aryl methyl sites for hydroxylation is 1. The molecule has 2 aromatic heterocycles. The van der Waals surface area contributed by atoms with Gasteiger partial charge in [0.05, 0.1) is 5.92 Å². The zero-order valence-electron chi connectivity index (χ0n) is 15.5. The minimum atomic E-state index is -0.634. The average molecular weight is 390 g/mol. The Labute approximate surface area is 164 Å². The Morgan fingerprint density at radius 2 is 2.08 bits per heavy atom. The number of hydrogen-bond donors (Lipinski definition) is 1. The summed E-state index contributed by atoms with van der Waals surface area (Å²) in [5, 5.41) is 13.8. The predicted octanol–water partition coefficient (Wildman–Crippen LogP) is 5.52. The maximum absolute atomic E-state index is 11.6. The van der Waals surface area contributed by atoms with Crippen LogP contribution in [-0.2, 0) is 4.79 Å². The number of carboxylic acid groups (broad SMARTS) is 1. The quantitative estimate of drug-likeness (QED) is 0.678. The highest BCUT2D eigenvalue weighted by atomic mass is 32.1. The van der Waals surface area contributed by atoms with Crippen molar-refractivity contribution in [3.05, 3.63) is 50.4 Å². The maximum Gasteiger partial charge on any atom is 0.308 e. The van der Waals surface area contributed by atoms with Crippen LogP contribution in [0.15, 0.2) is 35.0 Å². The van der Waals surface area contributed by atoms with Gasteiger partial charge in [-0.3, -0.25) is 4.79 Å². The second kappa shape index (κ2) is 8.98. The number of carbonyl (C=O) groups is 1. The second-order valence-corrected chi connectivity index (χ2v) is 8.96. The van der Waals surface area contributed by atoms with Gasteiger partial charge in [-0.25, -0.2) is 0 Å². The summed E-state index contributed by atoms with van der Waals surface area (Å²) in [6.07, 6.45) is 7.27. The second-order valence-electron chi connectivity index (χ2n) is 7.09. The molecule has 0 aliphatic heterocycles. The van der Waals surface area contributed by atoms with Crippen LogP contribution in [0, 0.1) is 12.8 Å². The van der Waals surface area contributed by atoms with E-state index in [9.17, 15) is 9.90 Å². The summed E-state index contributed by atoms with van der Waals surface area (Å²) in [5.41, 5.74) is 2.64. The summed E-state index contributed by atoms with van der Waals surface area (Å²) in [6, 6.07) is 6.62. The van der Waals surface area contributed by atoms with Gasteiger partial charge in [-0.2, -0.15) is 0 Å². The van der Waals surface area contributed by atoms with Gasteiger partial charge < -0.3 is 10.0 Å². The van der Waals surface area contributed by atoms with Crippen LogP contribution in [0.5, 0.6) is 0 Å². The van der Waals surface area contributed by atoms with E-state index in [1.54, 1.807) is 22.7 Å². The van der Waals surface area contributed by atoms with E-state index in [0.29, 0.717) is 0 Å². The fourth-order valence-corrected chi connectivity index (χ4v) is 5.71. The molecular formula is C21H27NO2S2. The van der Waals surface area contributed by atoms with E-state index in [-0.39, 0.29) is 12.0 Å². The molecule has 1 aliphatic rings. The van der Waals surface area contributed by atoms with Gasteiger partial charge in [0.15, 0.2) is 0 Å². The third kappa shape index (κ3) is 4.45. The van der Waals surface area contributed by atoms with Crippen LogP contribution < -0.4 is 0 Å². The van der Waals surface area contributed by atoms with Crippen LogP contribution in [0.2, 0.25) is 0 Å². The molecule has 3 nitrogen and oxygen atoms in total. The minimum Gasteiger partial charge on any atom is -0.481 e. The molecule has 0 radical (unpaired) electrons. The highest BCUT2D eigenvalue weighted by Gasteiger charge is 2.33. The summed E-state index contributed by atoms with van der Waals surface area (Å²) in [4.78, 5) is 16.5. The molecule has 0 saturated heterocycles. The van der Waals surface area contributed by atoms with Crippen molar-refractivity contribution in [3.63, 3.8) is 0 Å². The molecule has 1 saturated carbocycles. The third-order valence-corrected chi connectivity index (χ3v) is 7.29. The van der Waals surface area contributed by atoms with E-state index in [4.69, 9.17) is 0 Å². The van der Waals surface area contributed by atoms with Crippen LogP contribution >= 0.6 is 22.7 Å². The van der Waals surface area contributed by atoms with E-state index in [1.807, 2.05) is 0 Å². The molecule has 5 heteroatoms. The van der Waals surface area contributed by atoms with Gasteiger partial charge >= 0.3 is 5.97 Å². The highest BCUT2D eigenvalue weighted by molar-refractivity contribution is 7.13. The lowest BCUT2D eigenvalue weighted by atomic mass is 9.83. The van der Waals surface area contributed by atoms with E-state index >= 15 is 0 Å². The molecular weight excluding hydrogens is 362 g/mol. The Bertz CT molecular complexity index is 748. The summed E-state index contributed by atoms with van der Waals surface area (Å²) < 4.78 is 0. The smallest absolute Gasteiger partial charge is 0.308 e. The highest BCUT2D eigenvalue weighted by Crippen LogP contribution is 2.33. The molecule has 0 aromatic carbocycles. The van der Waals surface area contributed by atoms with Crippen molar-refractivity contribution in [1.82, 2.24) is 4.90 Å². The maximum atomic E-state index is 11.6. The number of nitrogens with zero attached hydrogens (tertiary/aromatic N) is 1. The molecule has 2 aromatic rings. The molecule has 0 amide bonds. The first-order valence-corrected chi connectivity index (χ1v) is 11.1. The molecule has 140 valence electrons. The SMILES string of the molecule is Cc1ccsc1/C(=C\CCN(C)[C@H]1CCCC[C@H]1C(=O)O)c1cccs1. The van der Waals surface area contributed by atoms with Gasteiger partial charge in [0.25, 0.3) is 0 Å². The summed E-state index contributed by atoms with van der Waals surface area (Å²) in [7, 11) is 2.08. The van der Waals surface area contributed by atoms with Crippen molar-refractivity contribution < 1.29 is 9.90 Å². The number of carboxylic acids is 1. The van der Waals surface area contributed by atoms with Crippen LogP contribution in [0.4, 0.5) is 0 Å². The van der Waals surface area contributed by atoms with Gasteiger partial charge in [0.2, 0.25) is 0 Å². The van der Waals surface area contributed by atoms with E-state index in [2.05, 4.69) is 53.9 Å². The van der Waals surface area contributed by atoms with Gasteiger partial charge in [-0.05, 0) is 61.7 Å². The van der Waals surface area contributed by atoms with Crippen molar-refractivity contribution in [2.24, 2.45) is 5.92 Å². The monoisotopic (exact) mass is 389 g/mol. The molecule has 0 bridgehead atoms. The zero-order chi connectivity index (χ0) is 18.5. The molecule has 2 atom stereocenters. The van der Waals surface area contributed by atoms with Crippen molar-refractivity contribution in [2.75, 3.05) is 13.6 Å². The van der Waals surface area contributed by atoms with Gasteiger partial charge in [-0.1, -0.05) is 25.0 Å². The summed E-state index contributed by atoms with van der Waals surface area (Å²) in [6.45, 7) is 3.06. The lowest BCUT2D eigenvalue weighted by molar-refractivity contribution is -0.145. The molecule has 2 heterocycles. The normalized spacial score (nSPS) is 21.3. The van der Waals surface area contributed by atoms with E-state index in [1.165, 1.54) is 20.9 Å².